The van der Waals surface area contributed by atoms with Crippen molar-refractivity contribution in [3.63, 3.8) is 0 Å². The van der Waals surface area contributed by atoms with Gasteiger partial charge >= 0.3 is 11.9 Å². The molecule has 1 N–H and O–H groups in total. The summed E-state index contributed by atoms with van der Waals surface area (Å²) in [6.07, 6.45) is 0. The number of esters is 2. The van der Waals surface area contributed by atoms with Gasteiger partial charge in [-0.3, -0.25) is 9.59 Å². The van der Waals surface area contributed by atoms with Crippen LogP contribution in [0.2, 0.25) is 0 Å². The van der Waals surface area contributed by atoms with Gasteiger partial charge in [-0.1, -0.05) is 18.2 Å². The molecule has 6 nitrogen and oxygen atoms in total. The van der Waals surface area contributed by atoms with E-state index >= 15 is 0 Å². The van der Waals surface area contributed by atoms with Crippen LogP contribution in [-0.2, 0) is 14.3 Å². The Kier molecular flexibility index (Phi) is 6.80. The molecule has 26 heavy (non-hydrogen) atoms. The smallest absolute Gasteiger partial charge is 0.337 e. The summed E-state index contributed by atoms with van der Waals surface area (Å²) in [5, 5.41) is 2.31. The predicted molar refractivity (Wildman–Crippen MR) is 99.5 cm³/mol. The van der Waals surface area contributed by atoms with E-state index < -0.39 is 11.2 Å². The molecule has 7 heteroatoms. The van der Waals surface area contributed by atoms with Gasteiger partial charge in [0.15, 0.2) is 0 Å². The Bertz CT molecular complexity index is 821. The number of thioether (sulfide) groups is 1. The predicted octanol–water partition coefficient (Wildman–Crippen LogP) is 3.38. The molecule has 0 saturated heterocycles. The Morgan fingerprint density at radius 3 is 2.42 bits per heavy atom. The van der Waals surface area contributed by atoms with Crippen LogP contribution in [0.1, 0.15) is 27.6 Å². The minimum atomic E-state index is -0.482. The Morgan fingerprint density at radius 2 is 1.73 bits per heavy atom. The number of carbonyl (C=O) groups excluding carboxylic acids is 3. The van der Waals surface area contributed by atoms with E-state index in [1.165, 1.54) is 32.0 Å². The second kappa shape index (κ2) is 9.05. The van der Waals surface area contributed by atoms with Gasteiger partial charge in [0.2, 0.25) is 0 Å². The molecular formula is C19H19NO5S. The van der Waals surface area contributed by atoms with Crippen LogP contribution in [0.25, 0.3) is 0 Å². The van der Waals surface area contributed by atoms with E-state index in [0.717, 1.165) is 0 Å². The molecule has 0 fully saturated rings. The topological polar surface area (TPSA) is 81.7 Å². The average Bonchev–Trinajstić information content (AvgIpc) is 2.67. The van der Waals surface area contributed by atoms with Crippen molar-refractivity contribution in [1.82, 2.24) is 0 Å². The molecule has 2 rings (SSSR count). The average molecular weight is 373 g/mol. The molecule has 1 amide bonds. The molecule has 0 aliphatic heterocycles. The highest BCUT2D eigenvalue weighted by Crippen LogP contribution is 2.28. The maximum absolute atomic E-state index is 12.6. The number of benzene rings is 2. The lowest BCUT2D eigenvalue weighted by Gasteiger charge is -2.13. The van der Waals surface area contributed by atoms with E-state index in [1.807, 2.05) is 0 Å². The van der Waals surface area contributed by atoms with Crippen LogP contribution < -0.4 is 5.32 Å². The van der Waals surface area contributed by atoms with Crippen molar-refractivity contribution in [2.75, 3.05) is 19.5 Å². The first kappa shape index (κ1) is 19.5. The van der Waals surface area contributed by atoms with Crippen molar-refractivity contribution in [2.24, 2.45) is 0 Å². The molecule has 0 heterocycles. The highest BCUT2D eigenvalue weighted by Gasteiger charge is 2.19. The summed E-state index contributed by atoms with van der Waals surface area (Å²) in [5.41, 5.74) is 1.24. The molecule has 0 radical (unpaired) electrons. The summed E-state index contributed by atoms with van der Waals surface area (Å²) in [6.45, 7) is 1.71. The number of carbonyl (C=O) groups is 3. The monoisotopic (exact) mass is 373 g/mol. The van der Waals surface area contributed by atoms with Gasteiger partial charge in [0.05, 0.1) is 25.3 Å². The molecule has 136 valence electrons. The minimum Gasteiger partial charge on any atom is -0.468 e. The SMILES string of the molecule is COC(=O)c1cccc(NC(=O)c2ccccc2SC(C)C(=O)OC)c1. The largest absolute Gasteiger partial charge is 0.468 e. The van der Waals surface area contributed by atoms with Gasteiger partial charge < -0.3 is 14.8 Å². The highest BCUT2D eigenvalue weighted by atomic mass is 32.2. The van der Waals surface area contributed by atoms with Crippen LogP contribution >= 0.6 is 11.8 Å². The molecule has 0 aromatic heterocycles. The summed E-state index contributed by atoms with van der Waals surface area (Å²) in [7, 11) is 2.62. The van der Waals surface area contributed by atoms with Crippen LogP contribution in [0.4, 0.5) is 5.69 Å². The van der Waals surface area contributed by atoms with Crippen molar-refractivity contribution in [1.29, 1.82) is 0 Å². The van der Waals surface area contributed by atoms with Gasteiger partial charge in [0.25, 0.3) is 5.91 Å². The highest BCUT2D eigenvalue weighted by molar-refractivity contribution is 8.00. The number of methoxy groups -OCH3 is 2. The lowest BCUT2D eigenvalue weighted by molar-refractivity contribution is -0.139. The number of hydrogen-bond acceptors (Lipinski definition) is 6. The van der Waals surface area contributed by atoms with E-state index in [4.69, 9.17) is 4.74 Å². The van der Waals surface area contributed by atoms with Gasteiger partial charge in [-0.15, -0.1) is 11.8 Å². The van der Waals surface area contributed by atoms with Crippen LogP contribution in [0.15, 0.2) is 53.4 Å². The van der Waals surface area contributed by atoms with E-state index in [-0.39, 0.29) is 11.9 Å². The van der Waals surface area contributed by atoms with E-state index in [2.05, 4.69) is 10.1 Å². The van der Waals surface area contributed by atoms with Crippen LogP contribution in [0.3, 0.4) is 0 Å². The quantitative estimate of drug-likeness (QED) is 0.617. The van der Waals surface area contributed by atoms with Gasteiger partial charge in [0.1, 0.15) is 5.25 Å². The van der Waals surface area contributed by atoms with Crippen molar-refractivity contribution < 1.29 is 23.9 Å². The summed E-state index contributed by atoms with van der Waals surface area (Å²) in [4.78, 5) is 36.5. The molecule has 2 aromatic rings. The normalized spacial score (nSPS) is 11.3. The molecule has 0 spiro atoms. The number of anilines is 1. The fraction of sp³-hybridized carbons (Fsp3) is 0.211. The van der Waals surface area contributed by atoms with Crippen molar-refractivity contribution >= 4 is 35.3 Å². The molecular weight excluding hydrogens is 354 g/mol. The zero-order valence-corrected chi connectivity index (χ0v) is 15.5. The molecule has 0 saturated carbocycles. The van der Waals surface area contributed by atoms with Crippen LogP contribution in [0.5, 0.6) is 0 Å². The standard InChI is InChI=1S/C19H19NO5S/c1-12(18(22)24-2)26-16-10-5-4-9-15(16)17(21)20-14-8-6-7-13(11-14)19(23)25-3/h4-12H,1-3H3,(H,20,21). The molecule has 1 unspecified atom stereocenters. The first-order chi connectivity index (χ1) is 12.5. The van der Waals surface area contributed by atoms with Gasteiger partial charge in [-0.2, -0.15) is 0 Å². The first-order valence-electron chi connectivity index (χ1n) is 7.79. The summed E-state index contributed by atoms with van der Waals surface area (Å²) >= 11 is 1.24. The summed E-state index contributed by atoms with van der Waals surface area (Å²) < 4.78 is 9.40. The second-order valence-corrected chi connectivity index (χ2v) is 6.69. The first-order valence-corrected chi connectivity index (χ1v) is 8.67. The maximum Gasteiger partial charge on any atom is 0.337 e. The zero-order valence-electron chi connectivity index (χ0n) is 14.6. The fourth-order valence-corrected chi connectivity index (χ4v) is 3.22. The third kappa shape index (κ3) is 4.86. The molecule has 0 aliphatic carbocycles. The zero-order chi connectivity index (χ0) is 19.1. The molecule has 0 aliphatic rings. The number of ether oxygens (including phenoxy) is 2. The summed E-state index contributed by atoms with van der Waals surface area (Å²) in [5.74, 6) is -1.19. The Labute approximate surface area is 155 Å². The maximum atomic E-state index is 12.6. The number of rotatable bonds is 6. The third-order valence-electron chi connectivity index (χ3n) is 3.51. The number of hydrogen-bond donors (Lipinski definition) is 1. The Hall–Kier alpha value is -2.80. The number of amides is 1. The third-order valence-corrected chi connectivity index (χ3v) is 4.67. The van der Waals surface area contributed by atoms with Gasteiger partial charge in [0, 0.05) is 10.6 Å². The van der Waals surface area contributed by atoms with Crippen molar-refractivity contribution in [3.05, 3.63) is 59.7 Å². The molecule has 0 bridgehead atoms. The van der Waals surface area contributed by atoms with Crippen molar-refractivity contribution in [2.45, 2.75) is 17.1 Å². The lowest BCUT2D eigenvalue weighted by Crippen LogP contribution is -2.17. The van der Waals surface area contributed by atoms with Crippen molar-refractivity contribution in [3.8, 4) is 0 Å². The molecule has 1 atom stereocenters. The summed E-state index contributed by atoms with van der Waals surface area (Å²) in [6, 6.07) is 13.4. The van der Waals surface area contributed by atoms with E-state index in [9.17, 15) is 14.4 Å². The van der Waals surface area contributed by atoms with Gasteiger partial charge in [-0.05, 0) is 37.3 Å². The lowest BCUT2D eigenvalue weighted by atomic mass is 10.1. The molecule has 2 aromatic carbocycles. The second-order valence-electron chi connectivity index (χ2n) is 5.31. The van der Waals surface area contributed by atoms with E-state index in [1.54, 1.807) is 49.4 Å². The number of nitrogens with one attached hydrogen (secondary N) is 1. The van der Waals surface area contributed by atoms with Crippen LogP contribution in [0, 0.1) is 0 Å². The fourth-order valence-electron chi connectivity index (χ4n) is 2.20. The Balaban J connectivity index is 2.20. The van der Waals surface area contributed by atoms with Gasteiger partial charge in [-0.25, -0.2) is 4.79 Å². The Morgan fingerprint density at radius 1 is 1.00 bits per heavy atom. The minimum absolute atomic E-state index is 0.340. The van der Waals surface area contributed by atoms with Crippen LogP contribution in [-0.4, -0.2) is 37.3 Å². The van der Waals surface area contributed by atoms with E-state index in [0.29, 0.717) is 21.7 Å².